The predicted octanol–water partition coefficient (Wildman–Crippen LogP) is 4.85. The molecule has 1 heterocycles. The molecule has 0 spiro atoms. The monoisotopic (exact) mass is 384 g/mol. The zero-order valence-corrected chi connectivity index (χ0v) is 15.4. The zero-order chi connectivity index (χ0) is 18.4. The molecule has 0 aliphatic heterocycles. The van der Waals surface area contributed by atoms with E-state index >= 15 is 0 Å². The molecule has 1 aromatic heterocycles. The number of nitrogens with zero attached hydrogens (tertiary/aromatic N) is 1. The van der Waals surface area contributed by atoms with Gasteiger partial charge >= 0.3 is 0 Å². The summed E-state index contributed by atoms with van der Waals surface area (Å²) in [6, 6.07) is 17.9. The van der Waals surface area contributed by atoms with Gasteiger partial charge in [-0.1, -0.05) is 54.1 Å². The summed E-state index contributed by atoms with van der Waals surface area (Å²) in [5.41, 5.74) is 2.98. The summed E-state index contributed by atoms with van der Waals surface area (Å²) in [6.45, 7) is 0. The molecule has 0 radical (unpaired) electrons. The fourth-order valence-electron chi connectivity index (χ4n) is 2.41. The second-order valence-electron chi connectivity index (χ2n) is 5.69. The molecule has 0 fully saturated rings. The van der Waals surface area contributed by atoms with Gasteiger partial charge in [0, 0.05) is 23.1 Å². The van der Waals surface area contributed by atoms with Crippen LogP contribution in [-0.2, 0) is 15.8 Å². The fourth-order valence-corrected chi connectivity index (χ4v) is 3.91. The highest BCUT2D eigenvalue weighted by Crippen LogP contribution is 2.20. The fraction of sp³-hybridized carbons (Fsp3) is 0.0500. The first-order chi connectivity index (χ1) is 12.5. The van der Waals surface area contributed by atoms with Crippen LogP contribution in [0.15, 0.2) is 73.1 Å². The van der Waals surface area contributed by atoms with Crippen molar-refractivity contribution in [2.45, 2.75) is 5.75 Å². The van der Waals surface area contributed by atoms with Crippen molar-refractivity contribution < 1.29 is 8.42 Å². The van der Waals surface area contributed by atoms with Crippen LogP contribution in [0.5, 0.6) is 0 Å². The van der Waals surface area contributed by atoms with Gasteiger partial charge in [-0.3, -0.25) is 9.71 Å². The Morgan fingerprint density at radius 2 is 1.65 bits per heavy atom. The van der Waals surface area contributed by atoms with E-state index in [9.17, 15) is 8.42 Å². The van der Waals surface area contributed by atoms with Crippen molar-refractivity contribution in [3.63, 3.8) is 0 Å². The number of anilines is 1. The first-order valence-electron chi connectivity index (χ1n) is 7.94. The molecule has 4 nitrogen and oxygen atoms in total. The molecule has 132 valence electrons. The Morgan fingerprint density at radius 3 is 2.42 bits per heavy atom. The van der Waals surface area contributed by atoms with Crippen LogP contribution in [0.2, 0.25) is 5.02 Å². The Labute approximate surface area is 158 Å². The number of hydrogen-bond acceptors (Lipinski definition) is 3. The van der Waals surface area contributed by atoms with E-state index in [2.05, 4.69) is 9.71 Å². The average molecular weight is 385 g/mol. The highest BCUT2D eigenvalue weighted by molar-refractivity contribution is 7.91. The van der Waals surface area contributed by atoms with Crippen molar-refractivity contribution in [1.82, 2.24) is 4.98 Å². The summed E-state index contributed by atoms with van der Waals surface area (Å²) in [7, 11) is -3.56. The van der Waals surface area contributed by atoms with Crippen LogP contribution >= 0.6 is 11.6 Å². The summed E-state index contributed by atoms with van der Waals surface area (Å²) in [5.74, 6) is -0.177. The van der Waals surface area contributed by atoms with Gasteiger partial charge in [-0.05, 0) is 47.0 Å². The van der Waals surface area contributed by atoms with Crippen LogP contribution in [0.3, 0.4) is 0 Å². The maximum Gasteiger partial charge on any atom is 0.236 e. The van der Waals surface area contributed by atoms with Crippen LogP contribution in [0.4, 0.5) is 5.69 Å². The number of rotatable bonds is 6. The number of halogens is 1. The van der Waals surface area contributed by atoms with E-state index in [1.54, 1.807) is 54.9 Å². The minimum Gasteiger partial charge on any atom is -0.283 e. The lowest BCUT2D eigenvalue weighted by Crippen LogP contribution is -2.15. The van der Waals surface area contributed by atoms with Gasteiger partial charge in [0.2, 0.25) is 10.0 Å². The van der Waals surface area contributed by atoms with Crippen LogP contribution in [-0.4, -0.2) is 13.4 Å². The molecule has 0 saturated carbocycles. The highest BCUT2D eigenvalue weighted by Gasteiger charge is 2.13. The zero-order valence-electron chi connectivity index (χ0n) is 13.8. The molecule has 0 amide bonds. The number of sulfonamides is 1. The standard InChI is InChI=1S/C20H17ClN2O2S/c21-20-7-2-1-5-18(20)15-26(24,25)23-19-6-3-4-17(14-19)9-8-16-10-12-22-13-11-16/h1-14,23H,15H2/b9-8+. The summed E-state index contributed by atoms with van der Waals surface area (Å²) >= 11 is 6.05. The largest absolute Gasteiger partial charge is 0.283 e. The van der Waals surface area contributed by atoms with Gasteiger partial charge < -0.3 is 0 Å². The lowest BCUT2D eigenvalue weighted by molar-refractivity contribution is 0.600. The smallest absolute Gasteiger partial charge is 0.236 e. The van der Waals surface area contributed by atoms with E-state index in [4.69, 9.17) is 11.6 Å². The van der Waals surface area contributed by atoms with E-state index in [0.29, 0.717) is 16.3 Å². The molecule has 0 aliphatic rings. The Hall–Kier alpha value is -2.63. The summed E-state index contributed by atoms with van der Waals surface area (Å²) in [5, 5.41) is 0.437. The Balaban J connectivity index is 1.74. The van der Waals surface area contributed by atoms with Gasteiger partial charge in [0.1, 0.15) is 0 Å². The van der Waals surface area contributed by atoms with E-state index in [1.165, 1.54) is 0 Å². The number of hydrogen-bond donors (Lipinski definition) is 1. The van der Waals surface area contributed by atoms with Gasteiger partial charge in [-0.2, -0.15) is 0 Å². The number of benzene rings is 2. The van der Waals surface area contributed by atoms with Gasteiger partial charge in [-0.25, -0.2) is 8.42 Å². The van der Waals surface area contributed by atoms with Crippen LogP contribution in [0.25, 0.3) is 12.2 Å². The minimum atomic E-state index is -3.56. The average Bonchev–Trinajstić information content (AvgIpc) is 2.63. The molecule has 3 rings (SSSR count). The lowest BCUT2D eigenvalue weighted by Gasteiger charge is -2.09. The maximum atomic E-state index is 12.4. The summed E-state index contributed by atoms with van der Waals surface area (Å²) in [4.78, 5) is 3.98. The number of nitrogens with one attached hydrogen (secondary N) is 1. The quantitative estimate of drug-likeness (QED) is 0.661. The molecule has 0 aliphatic carbocycles. The molecule has 26 heavy (non-hydrogen) atoms. The molecule has 2 aromatic carbocycles. The third kappa shape index (κ3) is 5.18. The molecule has 0 bridgehead atoms. The van der Waals surface area contributed by atoms with E-state index in [-0.39, 0.29) is 5.75 Å². The van der Waals surface area contributed by atoms with Crippen LogP contribution < -0.4 is 4.72 Å². The van der Waals surface area contributed by atoms with Crippen molar-refractivity contribution >= 4 is 39.5 Å². The molecule has 0 unspecified atom stereocenters. The third-order valence-corrected chi connectivity index (χ3v) is 5.24. The van der Waals surface area contributed by atoms with Gasteiger partial charge in [-0.15, -0.1) is 0 Å². The third-order valence-electron chi connectivity index (χ3n) is 3.64. The Morgan fingerprint density at radius 1 is 0.923 bits per heavy atom. The topological polar surface area (TPSA) is 59.1 Å². The SMILES string of the molecule is O=S(=O)(Cc1ccccc1Cl)Nc1cccc(/C=C/c2ccncc2)c1. The summed E-state index contributed by atoms with van der Waals surface area (Å²) < 4.78 is 27.4. The number of pyridine rings is 1. The Bertz CT molecular complexity index is 1020. The van der Waals surface area contributed by atoms with Crippen molar-refractivity contribution in [2.24, 2.45) is 0 Å². The van der Waals surface area contributed by atoms with Crippen molar-refractivity contribution in [3.8, 4) is 0 Å². The Kier molecular flexibility index (Phi) is 5.71. The molecule has 0 atom stereocenters. The molecular formula is C20H17ClN2O2S. The van der Waals surface area contributed by atoms with Crippen molar-refractivity contribution in [3.05, 3.63) is 94.8 Å². The first-order valence-corrected chi connectivity index (χ1v) is 9.97. The molecule has 6 heteroatoms. The second-order valence-corrected chi connectivity index (χ2v) is 7.82. The normalized spacial score (nSPS) is 11.6. The maximum absolute atomic E-state index is 12.4. The van der Waals surface area contributed by atoms with Crippen molar-refractivity contribution in [1.29, 1.82) is 0 Å². The minimum absolute atomic E-state index is 0.177. The molecule has 1 N–H and O–H groups in total. The highest BCUT2D eigenvalue weighted by atomic mass is 35.5. The predicted molar refractivity (Wildman–Crippen MR) is 107 cm³/mol. The van der Waals surface area contributed by atoms with Crippen LogP contribution in [0.1, 0.15) is 16.7 Å². The summed E-state index contributed by atoms with van der Waals surface area (Å²) in [6.07, 6.45) is 7.30. The van der Waals surface area contributed by atoms with Gasteiger partial charge in [0.05, 0.1) is 5.75 Å². The first kappa shape index (κ1) is 18.2. The van der Waals surface area contributed by atoms with Gasteiger partial charge in [0.15, 0.2) is 0 Å². The van der Waals surface area contributed by atoms with E-state index in [0.717, 1.165) is 11.1 Å². The van der Waals surface area contributed by atoms with E-state index < -0.39 is 10.0 Å². The van der Waals surface area contributed by atoms with Crippen molar-refractivity contribution in [2.75, 3.05) is 4.72 Å². The van der Waals surface area contributed by atoms with Gasteiger partial charge in [0.25, 0.3) is 0 Å². The molecule has 3 aromatic rings. The molecule has 0 saturated heterocycles. The molecular weight excluding hydrogens is 368 g/mol. The van der Waals surface area contributed by atoms with Crippen LogP contribution in [0, 0.1) is 0 Å². The van der Waals surface area contributed by atoms with E-state index in [1.807, 2.05) is 30.4 Å². The lowest BCUT2D eigenvalue weighted by atomic mass is 10.1. The second kappa shape index (κ2) is 8.17. The number of aromatic nitrogens is 1.